The summed E-state index contributed by atoms with van der Waals surface area (Å²) < 4.78 is 31.2. The highest BCUT2D eigenvalue weighted by Gasteiger charge is 2.06. The smallest absolute Gasteiger partial charge is 0.308 e. The van der Waals surface area contributed by atoms with Crippen molar-refractivity contribution in [1.29, 1.82) is 0 Å². The number of benzene rings is 2. The second kappa shape index (κ2) is 4.96. The van der Waals surface area contributed by atoms with Gasteiger partial charge in [0.05, 0.1) is 0 Å². The number of esters is 1. The van der Waals surface area contributed by atoms with E-state index in [1.165, 1.54) is 19.1 Å². The minimum atomic E-state index is -0.629. The average Bonchev–Trinajstić information content (AvgIpc) is 2.30. The fourth-order valence-corrected chi connectivity index (χ4v) is 1.59. The molecular weight excluding hydrogens is 238 g/mol. The van der Waals surface area contributed by atoms with Crippen LogP contribution >= 0.6 is 0 Å². The van der Waals surface area contributed by atoms with Gasteiger partial charge in [-0.25, -0.2) is 8.78 Å². The molecule has 0 aliphatic rings. The van der Waals surface area contributed by atoms with Crippen molar-refractivity contribution in [1.82, 2.24) is 0 Å². The van der Waals surface area contributed by atoms with Gasteiger partial charge in [0.2, 0.25) is 0 Å². The Morgan fingerprint density at radius 2 is 1.72 bits per heavy atom. The molecule has 0 saturated heterocycles. The van der Waals surface area contributed by atoms with Gasteiger partial charge in [0.25, 0.3) is 0 Å². The second-order valence-electron chi connectivity index (χ2n) is 3.74. The molecule has 0 heterocycles. The Labute approximate surface area is 103 Å². The number of carbonyl (C=O) groups excluding carboxylic acids is 1. The van der Waals surface area contributed by atoms with Crippen LogP contribution in [0, 0.1) is 11.6 Å². The number of rotatable bonds is 2. The van der Waals surface area contributed by atoms with Crippen LogP contribution in [0.1, 0.15) is 6.92 Å². The van der Waals surface area contributed by atoms with E-state index in [4.69, 9.17) is 4.74 Å². The van der Waals surface area contributed by atoms with Crippen molar-refractivity contribution in [2.75, 3.05) is 0 Å². The fraction of sp³-hybridized carbons (Fsp3) is 0.0714. The molecule has 0 fully saturated rings. The summed E-state index contributed by atoms with van der Waals surface area (Å²) in [5.41, 5.74) is 0.883. The molecule has 0 aliphatic carbocycles. The Kier molecular flexibility index (Phi) is 3.37. The lowest BCUT2D eigenvalue weighted by atomic mass is 10.1. The predicted octanol–water partition coefficient (Wildman–Crippen LogP) is 3.56. The minimum Gasteiger partial charge on any atom is -0.427 e. The van der Waals surface area contributed by atoms with Gasteiger partial charge in [-0.15, -0.1) is 0 Å². The van der Waals surface area contributed by atoms with Gasteiger partial charge in [0, 0.05) is 18.6 Å². The largest absolute Gasteiger partial charge is 0.427 e. The van der Waals surface area contributed by atoms with Gasteiger partial charge < -0.3 is 4.74 Å². The molecule has 2 nitrogen and oxygen atoms in total. The van der Waals surface area contributed by atoms with E-state index in [0.29, 0.717) is 16.9 Å². The maximum atomic E-state index is 13.5. The highest BCUT2D eigenvalue weighted by Crippen LogP contribution is 2.25. The molecule has 92 valence electrons. The van der Waals surface area contributed by atoms with Crippen molar-refractivity contribution in [3.63, 3.8) is 0 Å². The van der Waals surface area contributed by atoms with Crippen LogP contribution in [0.4, 0.5) is 8.78 Å². The van der Waals surface area contributed by atoms with Gasteiger partial charge in [-0.2, -0.15) is 0 Å². The molecule has 4 heteroatoms. The first-order valence-corrected chi connectivity index (χ1v) is 5.30. The molecule has 0 aliphatic heterocycles. The molecule has 18 heavy (non-hydrogen) atoms. The molecule has 0 aromatic heterocycles. The zero-order valence-corrected chi connectivity index (χ0v) is 9.61. The lowest BCUT2D eigenvalue weighted by Gasteiger charge is -2.05. The SMILES string of the molecule is CC(=O)Oc1ccc(-c2ccc(F)cc2F)cc1. The number of carbonyl (C=O) groups is 1. The average molecular weight is 248 g/mol. The lowest BCUT2D eigenvalue weighted by Crippen LogP contribution is -2.00. The van der Waals surface area contributed by atoms with E-state index in [1.807, 2.05) is 0 Å². The van der Waals surface area contributed by atoms with Crippen LogP contribution in [0.5, 0.6) is 5.75 Å². The number of hydrogen-bond acceptors (Lipinski definition) is 2. The van der Waals surface area contributed by atoms with Crippen LogP contribution in [0.3, 0.4) is 0 Å². The Morgan fingerprint density at radius 3 is 2.28 bits per heavy atom. The maximum Gasteiger partial charge on any atom is 0.308 e. The molecule has 0 saturated carbocycles. The van der Waals surface area contributed by atoms with Gasteiger partial charge >= 0.3 is 5.97 Å². The molecular formula is C14H10F2O2. The highest BCUT2D eigenvalue weighted by atomic mass is 19.1. The lowest BCUT2D eigenvalue weighted by molar-refractivity contribution is -0.131. The van der Waals surface area contributed by atoms with E-state index < -0.39 is 17.6 Å². The van der Waals surface area contributed by atoms with Crippen LogP contribution in [-0.2, 0) is 4.79 Å². The Bertz CT molecular complexity index is 577. The first kappa shape index (κ1) is 12.2. The van der Waals surface area contributed by atoms with E-state index in [1.54, 1.807) is 24.3 Å². The molecule has 0 spiro atoms. The molecule has 0 bridgehead atoms. The summed E-state index contributed by atoms with van der Waals surface area (Å²) in [5, 5.41) is 0. The first-order chi connectivity index (χ1) is 8.56. The van der Waals surface area contributed by atoms with Gasteiger partial charge in [-0.1, -0.05) is 12.1 Å². The third-order valence-electron chi connectivity index (χ3n) is 2.36. The summed E-state index contributed by atoms with van der Waals surface area (Å²) in [7, 11) is 0. The Balaban J connectivity index is 2.31. The number of ether oxygens (including phenoxy) is 1. The summed E-state index contributed by atoms with van der Waals surface area (Å²) in [4.78, 5) is 10.7. The van der Waals surface area contributed by atoms with E-state index in [-0.39, 0.29) is 0 Å². The monoisotopic (exact) mass is 248 g/mol. The van der Waals surface area contributed by atoms with Crippen molar-refractivity contribution in [3.05, 3.63) is 54.1 Å². The van der Waals surface area contributed by atoms with Gasteiger partial charge in [-0.3, -0.25) is 4.79 Å². The number of hydrogen-bond donors (Lipinski definition) is 0. The molecule has 2 aromatic rings. The summed E-state index contributed by atoms with van der Waals surface area (Å²) in [6.07, 6.45) is 0. The highest BCUT2D eigenvalue weighted by molar-refractivity contribution is 5.70. The molecule has 0 atom stereocenters. The minimum absolute atomic E-state index is 0.297. The molecule has 2 rings (SSSR count). The normalized spacial score (nSPS) is 10.2. The van der Waals surface area contributed by atoms with Crippen molar-refractivity contribution < 1.29 is 18.3 Å². The van der Waals surface area contributed by atoms with Crippen LogP contribution in [0.15, 0.2) is 42.5 Å². The van der Waals surface area contributed by atoms with Crippen LogP contribution in [0.25, 0.3) is 11.1 Å². The van der Waals surface area contributed by atoms with E-state index in [2.05, 4.69) is 0 Å². The van der Waals surface area contributed by atoms with E-state index >= 15 is 0 Å². The summed E-state index contributed by atoms with van der Waals surface area (Å²) in [6, 6.07) is 9.71. The summed E-state index contributed by atoms with van der Waals surface area (Å²) in [5.74, 6) is -1.28. The Morgan fingerprint density at radius 1 is 1.06 bits per heavy atom. The standard InChI is InChI=1S/C14H10F2O2/c1-9(17)18-12-5-2-10(3-6-12)13-7-4-11(15)8-14(13)16/h2-8H,1H3. The third-order valence-corrected chi connectivity index (χ3v) is 2.36. The molecule has 0 radical (unpaired) electrons. The Hall–Kier alpha value is -2.23. The van der Waals surface area contributed by atoms with Crippen LogP contribution in [0.2, 0.25) is 0 Å². The van der Waals surface area contributed by atoms with E-state index in [0.717, 1.165) is 6.07 Å². The quantitative estimate of drug-likeness (QED) is 0.600. The number of halogens is 2. The van der Waals surface area contributed by atoms with Gasteiger partial charge in [0.15, 0.2) is 0 Å². The van der Waals surface area contributed by atoms with Crippen LogP contribution in [-0.4, -0.2) is 5.97 Å². The van der Waals surface area contributed by atoms with Crippen molar-refractivity contribution in [3.8, 4) is 16.9 Å². The zero-order chi connectivity index (χ0) is 13.1. The van der Waals surface area contributed by atoms with Crippen molar-refractivity contribution >= 4 is 5.97 Å². The second-order valence-corrected chi connectivity index (χ2v) is 3.74. The van der Waals surface area contributed by atoms with Crippen molar-refractivity contribution in [2.45, 2.75) is 6.92 Å². The topological polar surface area (TPSA) is 26.3 Å². The fourth-order valence-electron chi connectivity index (χ4n) is 1.59. The van der Waals surface area contributed by atoms with Gasteiger partial charge in [-0.05, 0) is 29.8 Å². The molecule has 0 amide bonds. The van der Waals surface area contributed by atoms with E-state index in [9.17, 15) is 13.6 Å². The molecule has 0 N–H and O–H groups in total. The molecule has 2 aromatic carbocycles. The summed E-state index contributed by atoms with van der Waals surface area (Å²) >= 11 is 0. The molecule has 0 unspecified atom stereocenters. The summed E-state index contributed by atoms with van der Waals surface area (Å²) in [6.45, 7) is 1.30. The van der Waals surface area contributed by atoms with Crippen LogP contribution < -0.4 is 4.74 Å². The zero-order valence-electron chi connectivity index (χ0n) is 9.61. The first-order valence-electron chi connectivity index (χ1n) is 5.30. The predicted molar refractivity (Wildman–Crippen MR) is 63.1 cm³/mol. The third kappa shape index (κ3) is 2.71. The van der Waals surface area contributed by atoms with Crippen molar-refractivity contribution in [2.24, 2.45) is 0 Å². The maximum absolute atomic E-state index is 13.5. The van der Waals surface area contributed by atoms with Gasteiger partial charge in [0.1, 0.15) is 17.4 Å².